The van der Waals surface area contributed by atoms with Crippen LogP contribution in [-0.4, -0.2) is 94.0 Å². The van der Waals surface area contributed by atoms with Crippen molar-refractivity contribution in [2.24, 2.45) is 5.16 Å². The third-order valence-electron chi connectivity index (χ3n) is 5.49. The minimum absolute atomic E-state index is 0.00810. The van der Waals surface area contributed by atoms with E-state index >= 15 is 0 Å². The van der Waals surface area contributed by atoms with E-state index in [2.05, 4.69) is 31.4 Å². The summed E-state index contributed by atoms with van der Waals surface area (Å²) in [5.74, 6) is -1.99. The largest absolute Gasteiger partial charge is 0.457 e. The SMILES string of the molecule is CC(C)(C)OC(=O)Nc1nc(C(=NOC(C)(C)C(=O)OC(C)(C)C)C(=O)N[C@@H]2C(=O)N[C@@H]2CN2CCNC2=O)cs1. The Bertz CT molecular complexity index is 1230. The molecule has 2 atom stereocenters. The lowest BCUT2D eigenvalue weighted by molar-refractivity contribution is -0.179. The van der Waals surface area contributed by atoms with E-state index in [1.165, 1.54) is 24.1 Å². The van der Waals surface area contributed by atoms with Gasteiger partial charge in [-0.15, -0.1) is 11.3 Å². The van der Waals surface area contributed by atoms with Gasteiger partial charge in [0.25, 0.3) is 5.91 Å². The molecule has 0 aliphatic carbocycles. The quantitative estimate of drug-likeness (QED) is 0.141. The number of amides is 5. The zero-order valence-corrected chi connectivity index (χ0v) is 25.2. The van der Waals surface area contributed by atoms with Gasteiger partial charge in [-0.2, -0.15) is 0 Å². The van der Waals surface area contributed by atoms with Gasteiger partial charge in [-0.05, 0) is 55.4 Å². The summed E-state index contributed by atoms with van der Waals surface area (Å²) in [4.78, 5) is 73.8. The second-order valence-corrected chi connectivity index (χ2v) is 12.8. The van der Waals surface area contributed by atoms with Gasteiger partial charge < -0.3 is 35.2 Å². The Morgan fingerprint density at radius 1 is 1.10 bits per heavy atom. The molecule has 5 amide bonds. The van der Waals surface area contributed by atoms with Gasteiger partial charge in [-0.25, -0.2) is 19.4 Å². The summed E-state index contributed by atoms with van der Waals surface area (Å²) in [5, 5.41) is 16.0. The number of nitrogens with zero attached hydrogens (tertiary/aromatic N) is 3. The fraction of sp³-hybridized carbons (Fsp3) is 0.640. The predicted octanol–water partition coefficient (Wildman–Crippen LogP) is 1.34. The van der Waals surface area contributed by atoms with Crippen molar-refractivity contribution in [3.8, 4) is 0 Å². The van der Waals surface area contributed by atoms with E-state index in [9.17, 15) is 24.0 Å². The zero-order chi connectivity index (χ0) is 30.8. The van der Waals surface area contributed by atoms with Gasteiger partial charge in [-0.1, -0.05) is 5.16 Å². The summed E-state index contributed by atoms with van der Waals surface area (Å²) >= 11 is 0.997. The first kappa shape index (κ1) is 31.6. The average molecular weight is 596 g/mol. The molecule has 3 rings (SSSR count). The number of rotatable bonds is 9. The minimum Gasteiger partial charge on any atom is -0.457 e. The van der Waals surface area contributed by atoms with Crippen LogP contribution in [0.2, 0.25) is 0 Å². The van der Waals surface area contributed by atoms with Gasteiger partial charge >= 0.3 is 18.1 Å². The average Bonchev–Trinajstić information content (AvgIpc) is 3.43. The number of esters is 1. The molecule has 2 fully saturated rings. The molecule has 0 spiro atoms. The predicted molar refractivity (Wildman–Crippen MR) is 148 cm³/mol. The highest BCUT2D eigenvalue weighted by atomic mass is 32.1. The summed E-state index contributed by atoms with van der Waals surface area (Å²) in [6.07, 6.45) is -0.747. The second kappa shape index (κ2) is 11.9. The summed E-state index contributed by atoms with van der Waals surface area (Å²) in [7, 11) is 0. The van der Waals surface area contributed by atoms with Crippen LogP contribution in [0.3, 0.4) is 0 Å². The van der Waals surface area contributed by atoms with E-state index in [0.29, 0.717) is 13.1 Å². The standard InChI is InChI=1S/C25H37N7O8S/c1-23(2,3)38-19(35)25(7,8)40-31-16(14-12-41-20(28-14)30-22(37)39-24(4,5)6)18(34)29-15-13(27-17(15)33)11-32-10-9-26-21(32)36/h12-13,15H,9-11H2,1-8H3,(H,26,36)(H,27,33)(H,29,34)(H,28,30,37)/t13-,15+/m1/s1. The molecule has 0 saturated carbocycles. The number of oxime groups is 1. The van der Waals surface area contributed by atoms with Crippen molar-refractivity contribution in [1.82, 2.24) is 25.8 Å². The number of hydrogen-bond acceptors (Lipinski definition) is 11. The number of hydrogen-bond donors (Lipinski definition) is 4. The molecule has 0 unspecified atom stereocenters. The van der Waals surface area contributed by atoms with E-state index in [-0.39, 0.29) is 29.1 Å². The number of carbonyl (C=O) groups excluding carboxylic acids is 5. The van der Waals surface area contributed by atoms with Crippen molar-refractivity contribution in [1.29, 1.82) is 0 Å². The van der Waals surface area contributed by atoms with Crippen LogP contribution in [0.5, 0.6) is 0 Å². The highest BCUT2D eigenvalue weighted by molar-refractivity contribution is 7.14. The van der Waals surface area contributed by atoms with E-state index in [4.69, 9.17) is 14.3 Å². The molecular formula is C25H37N7O8S. The number of aromatic nitrogens is 1. The van der Waals surface area contributed by atoms with Crippen LogP contribution in [-0.2, 0) is 28.7 Å². The molecule has 2 aliphatic rings. The number of nitrogens with one attached hydrogen (secondary N) is 4. The van der Waals surface area contributed by atoms with Crippen molar-refractivity contribution in [3.63, 3.8) is 0 Å². The molecule has 2 aliphatic heterocycles. The van der Waals surface area contributed by atoms with Crippen LogP contribution < -0.4 is 21.3 Å². The molecule has 15 nitrogen and oxygen atoms in total. The lowest BCUT2D eigenvalue weighted by Gasteiger charge is -2.38. The van der Waals surface area contributed by atoms with E-state index in [1.54, 1.807) is 41.5 Å². The Morgan fingerprint density at radius 3 is 2.32 bits per heavy atom. The van der Waals surface area contributed by atoms with Crippen LogP contribution in [0.15, 0.2) is 10.5 Å². The molecule has 226 valence electrons. The Labute approximate surface area is 241 Å². The van der Waals surface area contributed by atoms with E-state index < -0.39 is 52.8 Å². The maximum Gasteiger partial charge on any atom is 0.413 e. The maximum absolute atomic E-state index is 13.4. The topological polar surface area (TPSA) is 190 Å². The zero-order valence-electron chi connectivity index (χ0n) is 24.4. The number of β-lactam (4-membered cyclic amide) rings is 1. The Morgan fingerprint density at radius 2 is 1.76 bits per heavy atom. The normalized spacial score (nSPS) is 19.5. The highest BCUT2D eigenvalue weighted by Crippen LogP contribution is 2.21. The Kier molecular flexibility index (Phi) is 9.15. The van der Waals surface area contributed by atoms with E-state index in [0.717, 1.165) is 11.3 Å². The molecule has 0 aromatic carbocycles. The van der Waals surface area contributed by atoms with Crippen molar-refractivity contribution >= 4 is 52.1 Å². The molecule has 3 heterocycles. The Balaban J connectivity index is 1.82. The van der Waals surface area contributed by atoms with Crippen LogP contribution in [0.4, 0.5) is 14.7 Å². The summed E-state index contributed by atoms with van der Waals surface area (Å²) in [6, 6.07) is -1.75. The molecular weight excluding hydrogens is 558 g/mol. The first-order valence-electron chi connectivity index (χ1n) is 12.9. The molecule has 4 N–H and O–H groups in total. The lowest BCUT2D eigenvalue weighted by atomic mass is 9.98. The van der Waals surface area contributed by atoms with Gasteiger partial charge in [0, 0.05) is 25.0 Å². The number of ether oxygens (including phenoxy) is 2. The second-order valence-electron chi connectivity index (χ2n) is 12.0. The number of carbonyl (C=O) groups is 5. The monoisotopic (exact) mass is 595 g/mol. The Hall–Kier alpha value is -3.95. The third-order valence-corrected chi connectivity index (χ3v) is 6.24. The van der Waals surface area contributed by atoms with Gasteiger partial charge in [0.1, 0.15) is 22.9 Å². The highest BCUT2D eigenvalue weighted by Gasteiger charge is 2.43. The number of thiazole rings is 1. The smallest absolute Gasteiger partial charge is 0.413 e. The number of urea groups is 1. The fourth-order valence-electron chi connectivity index (χ4n) is 3.53. The van der Waals surface area contributed by atoms with Crippen LogP contribution in [0.25, 0.3) is 0 Å². The molecule has 0 radical (unpaired) electrons. The maximum atomic E-state index is 13.4. The molecule has 16 heteroatoms. The van der Waals surface area contributed by atoms with Crippen molar-refractivity contribution < 1.29 is 38.3 Å². The molecule has 1 aromatic rings. The third kappa shape index (κ3) is 8.77. The summed E-state index contributed by atoms with van der Waals surface area (Å²) < 4.78 is 10.6. The fourth-order valence-corrected chi connectivity index (χ4v) is 4.21. The van der Waals surface area contributed by atoms with Gasteiger partial charge in [0.2, 0.25) is 11.5 Å². The van der Waals surface area contributed by atoms with Crippen molar-refractivity contribution in [2.45, 2.75) is 84.3 Å². The summed E-state index contributed by atoms with van der Waals surface area (Å²) in [5.41, 5.74) is -3.47. The minimum atomic E-state index is -1.59. The summed E-state index contributed by atoms with van der Waals surface area (Å²) in [6.45, 7) is 14.2. The van der Waals surface area contributed by atoms with Crippen LogP contribution in [0, 0.1) is 0 Å². The molecule has 0 bridgehead atoms. The van der Waals surface area contributed by atoms with Crippen molar-refractivity contribution in [2.75, 3.05) is 25.0 Å². The van der Waals surface area contributed by atoms with Crippen LogP contribution >= 0.6 is 11.3 Å². The molecule has 2 saturated heterocycles. The van der Waals surface area contributed by atoms with Gasteiger partial charge in [0.05, 0.1) is 6.04 Å². The lowest BCUT2D eigenvalue weighted by Crippen LogP contribution is -2.72. The van der Waals surface area contributed by atoms with Crippen molar-refractivity contribution in [3.05, 3.63) is 11.1 Å². The van der Waals surface area contributed by atoms with Gasteiger partial charge in [-0.3, -0.25) is 14.9 Å². The first-order chi connectivity index (χ1) is 18.8. The molecule has 41 heavy (non-hydrogen) atoms. The van der Waals surface area contributed by atoms with E-state index in [1.807, 2.05) is 0 Å². The molecule has 1 aromatic heterocycles. The van der Waals surface area contributed by atoms with Crippen LogP contribution in [0.1, 0.15) is 61.1 Å². The van der Waals surface area contributed by atoms with Gasteiger partial charge in [0.15, 0.2) is 10.8 Å². The number of anilines is 1. The first-order valence-corrected chi connectivity index (χ1v) is 13.8.